The van der Waals surface area contributed by atoms with E-state index >= 15 is 0 Å². The lowest BCUT2D eigenvalue weighted by atomic mass is 10.0. The maximum absolute atomic E-state index is 9.90. The number of nitrogens with one attached hydrogen (secondary N) is 1. The number of aliphatic hydroxyl groups is 3. The third-order valence-electron chi connectivity index (χ3n) is 3.45. The molecule has 0 amide bonds. The number of aliphatic hydroxyl groups excluding tert-OH is 3. The Morgan fingerprint density at radius 2 is 1.82 bits per heavy atom. The number of rotatable bonds is 9. The molecule has 0 aromatic heterocycles. The zero-order valence-electron chi connectivity index (χ0n) is 13.9. The smallest absolute Gasteiger partial charge is 0.125 e. The molecule has 0 spiro atoms. The first-order valence-electron chi connectivity index (χ1n) is 7.89. The van der Waals surface area contributed by atoms with E-state index in [4.69, 9.17) is 4.74 Å². The Hall–Kier alpha value is -1.14. The Morgan fingerprint density at radius 1 is 1.14 bits per heavy atom. The van der Waals surface area contributed by atoms with Gasteiger partial charge in [0.25, 0.3) is 0 Å². The lowest BCUT2D eigenvalue weighted by Crippen LogP contribution is -2.35. The molecular formula is C17H29NO4. The molecule has 126 valence electrons. The third kappa shape index (κ3) is 5.93. The van der Waals surface area contributed by atoms with Gasteiger partial charge in [0.2, 0.25) is 0 Å². The van der Waals surface area contributed by atoms with Crippen molar-refractivity contribution in [2.24, 2.45) is 0 Å². The molecule has 22 heavy (non-hydrogen) atoms. The summed E-state index contributed by atoms with van der Waals surface area (Å²) in [7, 11) is 0. The molecule has 0 fully saturated rings. The van der Waals surface area contributed by atoms with Crippen molar-refractivity contribution in [3.8, 4) is 5.75 Å². The highest BCUT2D eigenvalue weighted by Crippen LogP contribution is 2.29. The van der Waals surface area contributed by atoms with Gasteiger partial charge in [-0.15, -0.1) is 0 Å². The fourth-order valence-corrected chi connectivity index (χ4v) is 2.08. The van der Waals surface area contributed by atoms with Crippen LogP contribution in [0.5, 0.6) is 5.75 Å². The van der Waals surface area contributed by atoms with E-state index in [-0.39, 0.29) is 6.61 Å². The number of ether oxygens (including phenoxy) is 1. The van der Waals surface area contributed by atoms with Crippen molar-refractivity contribution in [3.63, 3.8) is 0 Å². The molecule has 0 heterocycles. The maximum atomic E-state index is 9.90. The summed E-state index contributed by atoms with van der Waals surface area (Å²) < 4.78 is 5.63. The van der Waals surface area contributed by atoms with Gasteiger partial charge in [0, 0.05) is 18.2 Å². The van der Waals surface area contributed by atoms with Gasteiger partial charge in [0.05, 0.1) is 12.2 Å². The van der Waals surface area contributed by atoms with Crippen molar-refractivity contribution < 1.29 is 20.1 Å². The highest BCUT2D eigenvalue weighted by molar-refractivity contribution is 5.39. The van der Waals surface area contributed by atoms with Crippen molar-refractivity contribution in [1.82, 2.24) is 5.32 Å². The molecule has 0 saturated heterocycles. The summed E-state index contributed by atoms with van der Waals surface area (Å²) in [5.74, 6) is 0.533. The van der Waals surface area contributed by atoms with Crippen LogP contribution in [0.15, 0.2) is 18.2 Å². The predicted molar refractivity (Wildman–Crippen MR) is 87.0 cm³/mol. The molecule has 3 atom stereocenters. The molecule has 1 rings (SSSR count). The van der Waals surface area contributed by atoms with E-state index in [1.54, 1.807) is 25.1 Å². The van der Waals surface area contributed by atoms with Crippen LogP contribution in [0, 0.1) is 0 Å². The summed E-state index contributed by atoms with van der Waals surface area (Å²) >= 11 is 0. The molecule has 0 saturated carbocycles. The van der Waals surface area contributed by atoms with Crippen molar-refractivity contribution in [2.75, 3.05) is 13.2 Å². The molecule has 0 aliphatic rings. The van der Waals surface area contributed by atoms with E-state index in [1.165, 1.54) is 0 Å². The highest BCUT2D eigenvalue weighted by atomic mass is 16.5. The van der Waals surface area contributed by atoms with Crippen LogP contribution in [0.3, 0.4) is 0 Å². The van der Waals surface area contributed by atoms with E-state index < -0.39 is 18.3 Å². The van der Waals surface area contributed by atoms with Gasteiger partial charge < -0.3 is 25.4 Å². The van der Waals surface area contributed by atoms with Crippen molar-refractivity contribution in [2.45, 2.75) is 58.5 Å². The molecule has 0 bridgehead atoms. The Balaban J connectivity index is 2.73. The van der Waals surface area contributed by atoms with Crippen molar-refractivity contribution in [3.05, 3.63) is 29.3 Å². The van der Waals surface area contributed by atoms with E-state index in [1.807, 2.05) is 20.8 Å². The second-order valence-electron chi connectivity index (χ2n) is 5.93. The Labute approximate surface area is 132 Å². The van der Waals surface area contributed by atoms with Crippen molar-refractivity contribution >= 4 is 0 Å². The summed E-state index contributed by atoms with van der Waals surface area (Å²) in [5.41, 5.74) is 1.38. The number of hydrogen-bond acceptors (Lipinski definition) is 5. The average molecular weight is 311 g/mol. The first kappa shape index (κ1) is 18.9. The normalized spacial score (nSPS) is 15.6. The molecule has 5 nitrogen and oxygen atoms in total. The van der Waals surface area contributed by atoms with E-state index in [2.05, 4.69) is 5.32 Å². The molecule has 5 heteroatoms. The molecule has 1 aromatic carbocycles. The lowest BCUT2D eigenvalue weighted by Gasteiger charge is -2.19. The molecular weight excluding hydrogens is 282 g/mol. The summed E-state index contributed by atoms with van der Waals surface area (Å²) in [5, 5.41) is 32.8. The van der Waals surface area contributed by atoms with Gasteiger partial charge in [-0.2, -0.15) is 0 Å². The van der Waals surface area contributed by atoms with E-state index in [0.29, 0.717) is 30.3 Å². The average Bonchev–Trinajstić information content (AvgIpc) is 2.49. The predicted octanol–water partition coefficient (Wildman–Crippen LogP) is 1.92. The van der Waals surface area contributed by atoms with Crippen LogP contribution in [0.1, 0.15) is 57.5 Å². The monoisotopic (exact) mass is 311 g/mol. The molecule has 0 aliphatic heterocycles. The van der Waals surface area contributed by atoms with Crippen molar-refractivity contribution in [1.29, 1.82) is 0 Å². The first-order valence-corrected chi connectivity index (χ1v) is 7.89. The largest absolute Gasteiger partial charge is 0.490 e. The Morgan fingerprint density at radius 3 is 2.36 bits per heavy atom. The topological polar surface area (TPSA) is 82.0 Å². The Kier molecular flexibility index (Phi) is 7.82. The van der Waals surface area contributed by atoms with Crippen LogP contribution in [-0.4, -0.2) is 40.6 Å². The third-order valence-corrected chi connectivity index (χ3v) is 3.45. The fourth-order valence-electron chi connectivity index (χ4n) is 2.08. The molecule has 0 aliphatic carbocycles. The summed E-state index contributed by atoms with van der Waals surface area (Å²) in [6, 6.07) is 5.58. The standard InChI is InChI=1S/C17H29NO4/c1-5-16(21)13-6-7-17(15(8-13)12(4)19)22-10-14(20)9-18-11(2)3/h6-8,11-12,14,16,18-21H,5,9-10H2,1-4H3. The summed E-state index contributed by atoms with van der Waals surface area (Å²) in [4.78, 5) is 0. The number of benzene rings is 1. The maximum Gasteiger partial charge on any atom is 0.125 e. The van der Waals surface area contributed by atoms with Crippen LogP contribution >= 0.6 is 0 Å². The molecule has 3 unspecified atom stereocenters. The first-order chi connectivity index (χ1) is 10.3. The summed E-state index contributed by atoms with van der Waals surface area (Å²) in [6.07, 6.45) is -1.26. The SMILES string of the molecule is CCC(O)c1ccc(OCC(O)CNC(C)C)c(C(C)O)c1. The fraction of sp³-hybridized carbons (Fsp3) is 0.647. The van der Waals surface area contributed by atoms with Crippen LogP contribution in [0.4, 0.5) is 0 Å². The highest BCUT2D eigenvalue weighted by Gasteiger charge is 2.15. The molecule has 4 N–H and O–H groups in total. The van der Waals surface area contributed by atoms with E-state index in [9.17, 15) is 15.3 Å². The van der Waals surface area contributed by atoms with Gasteiger partial charge in [-0.25, -0.2) is 0 Å². The second-order valence-corrected chi connectivity index (χ2v) is 5.93. The van der Waals surface area contributed by atoms with Gasteiger partial charge >= 0.3 is 0 Å². The zero-order chi connectivity index (χ0) is 16.7. The molecule has 1 aromatic rings. The minimum absolute atomic E-state index is 0.148. The van der Waals surface area contributed by atoms with E-state index in [0.717, 1.165) is 5.56 Å². The minimum Gasteiger partial charge on any atom is -0.490 e. The van der Waals surface area contributed by atoms with Gasteiger partial charge in [0.1, 0.15) is 18.5 Å². The van der Waals surface area contributed by atoms with Gasteiger partial charge in [-0.3, -0.25) is 0 Å². The lowest BCUT2D eigenvalue weighted by molar-refractivity contribution is 0.101. The molecule has 0 radical (unpaired) electrons. The minimum atomic E-state index is -0.704. The van der Waals surface area contributed by atoms with Gasteiger partial charge in [0.15, 0.2) is 0 Å². The van der Waals surface area contributed by atoms with Crippen LogP contribution in [0.25, 0.3) is 0 Å². The second kappa shape index (κ2) is 9.10. The van der Waals surface area contributed by atoms with Crippen LogP contribution in [-0.2, 0) is 0 Å². The zero-order valence-corrected chi connectivity index (χ0v) is 13.9. The number of hydrogen-bond donors (Lipinski definition) is 4. The summed E-state index contributed by atoms with van der Waals surface area (Å²) in [6.45, 7) is 8.17. The van der Waals surface area contributed by atoms with Gasteiger partial charge in [-0.1, -0.05) is 26.8 Å². The van der Waals surface area contributed by atoms with Crippen LogP contribution in [0.2, 0.25) is 0 Å². The Bertz CT molecular complexity index is 448. The van der Waals surface area contributed by atoms with Crippen LogP contribution < -0.4 is 10.1 Å². The quantitative estimate of drug-likeness (QED) is 0.560. The van der Waals surface area contributed by atoms with Gasteiger partial charge in [-0.05, 0) is 31.0 Å².